The summed E-state index contributed by atoms with van der Waals surface area (Å²) >= 11 is 0. The number of nitro groups is 1. The molecule has 0 aliphatic rings. The Morgan fingerprint density at radius 2 is 1.96 bits per heavy atom. The van der Waals surface area contributed by atoms with Crippen molar-refractivity contribution < 1.29 is 9.72 Å². The Kier molecular flexibility index (Phi) is 4.24. The van der Waals surface area contributed by atoms with Crippen LogP contribution in [0.25, 0.3) is 11.0 Å². The first kappa shape index (κ1) is 15.7. The lowest BCUT2D eigenvalue weighted by Gasteiger charge is -2.11. The molecular formula is C17H16N4O3. The zero-order valence-electron chi connectivity index (χ0n) is 13.0. The molecule has 2 N–H and O–H groups in total. The lowest BCUT2D eigenvalue weighted by molar-refractivity contribution is -0.384. The Hall–Kier alpha value is -3.22. The second-order valence-corrected chi connectivity index (χ2v) is 5.53. The van der Waals surface area contributed by atoms with Gasteiger partial charge in [0.2, 0.25) is 5.91 Å². The summed E-state index contributed by atoms with van der Waals surface area (Å²) in [6.07, 6.45) is 0.155. The van der Waals surface area contributed by atoms with Crippen LogP contribution in [-0.2, 0) is 11.2 Å². The van der Waals surface area contributed by atoms with Crippen LogP contribution in [0.2, 0.25) is 0 Å². The second kappa shape index (κ2) is 6.49. The summed E-state index contributed by atoms with van der Waals surface area (Å²) in [6.45, 7) is 1.85. The number of rotatable bonds is 5. The van der Waals surface area contributed by atoms with E-state index in [4.69, 9.17) is 0 Å². The third-order valence-corrected chi connectivity index (χ3v) is 3.71. The normalized spacial score (nSPS) is 12.0. The van der Waals surface area contributed by atoms with E-state index in [-0.39, 0.29) is 24.1 Å². The molecule has 7 heteroatoms. The van der Waals surface area contributed by atoms with Gasteiger partial charge in [0.05, 0.1) is 28.4 Å². The summed E-state index contributed by atoms with van der Waals surface area (Å²) in [7, 11) is 0. The molecule has 1 amide bonds. The molecule has 3 aromatic rings. The van der Waals surface area contributed by atoms with Crippen molar-refractivity contribution in [1.82, 2.24) is 15.3 Å². The van der Waals surface area contributed by atoms with Crippen molar-refractivity contribution in [2.75, 3.05) is 0 Å². The smallest absolute Gasteiger partial charge is 0.269 e. The Morgan fingerprint density at radius 3 is 2.62 bits per heavy atom. The van der Waals surface area contributed by atoms with Gasteiger partial charge < -0.3 is 10.3 Å². The van der Waals surface area contributed by atoms with Crippen LogP contribution in [0.15, 0.2) is 48.5 Å². The van der Waals surface area contributed by atoms with E-state index in [9.17, 15) is 14.9 Å². The molecule has 0 spiro atoms. The number of amides is 1. The third-order valence-electron chi connectivity index (χ3n) is 3.71. The quantitative estimate of drug-likeness (QED) is 0.556. The van der Waals surface area contributed by atoms with Crippen LogP contribution < -0.4 is 5.32 Å². The first-order valence-electron chi connectivity index (χ1n) is 7.50. The van der Waals surface area contributed by atoms with E-state index in [0.717, 1.165) is 16.6 Å². The average molecular weight is 324 g/mol. The van der Waals surface area contributed by atoms with Gasteiger partial charge in [-0.2, -0.15) is 0 Å². The molecule has 24 heavy (non-hydrogen) atoms. The zero-order valence-corrected chi connectivity index (χ0v) is 13.0. The van der Waals surface area contributed by atoms with Crippen LogP contribution >= 0.6 is 0 Å². The van der Waals surface area contributed by atoms with Crippen LogP contribution in [0, 0.1) is 10.1 Å². The number of non-ortho nitro benzene ring substituents is 1. The van der Waals surface area contributed by atoms with Gasteiger partial charge in [0, 0.05) is 12.1 Å². The number of nitrogens with one attached hydrogen (secondary N) is 2. The molecule has 3 rings (SSSR count). The minimum Gasteiger partial charge on any atom is -0.346 e. The van der Waals surface area contributed by atoms with E-state index < -0.39 is 4.92 Å². The monoisotopic (exact) mass is 324 g/mol. The summed E-state index contributed by atoms with van der Waals surface area (Å²) < 4.78 is 0. The SMILES string of the molecule is C[C@H](NC(=O)Cc1ccc([N+](=O)[O-])cc1)c1nc2ccccc2[nH]1. The van der Waals surface area contributed by atoms with Crippen LogP contribution in [0.3, 0.4) is 0 Å². The summed E-state index contributed by atoms with van der Waals surface area (Å²) in [5, 5.41) is 13.5. The molecule has 0 saturated carbocycles. The molecule has 1 atom stereocenters. The minimum atomic E-state index is -0.465. The summed E-state index contributed by atoms with van der Waals surface area (Å²) in [6, 6.07) is 13.4. The second-order valence-electron chi connectivity index (χ2n) is 5.53. The number of carbonyl (C=O) groups is 1. The largest absolute Gasteiger partial charge is 0.346 e. The van der Waals surface area contributed by atoms with E-state index in [1.54, 1.807) is 12.1 Å². The molecule has 0 aliphatic carbocycles. The van der Waals surface area contributed by atoms with Crippen LogP contribution in [-0.4, -0.2) is 20.8 Å². The number of aromatic nitrogens is 2. The predicted octanol–water partition coefficient (Wildman–Crippen LogP) is 2.89. The van der Waals surface area contributed by atoms with Crippen molar-refractivity contribution in [2.24, 2.45) is 0 Å². The molecule has 0 fully saturated rings. The van der Waals surface area contributed by atoms with Crippen LogP contribution in [0.1, 0.15) is 24.4 Å². The van der Waals surface area contributed by atoms with Gasteiger partial charge in [-0.25, -0.2) is 4.98 Å². The molecule has 1 aromatic heterocycles. The van der Waals surface area contributed by atoms with E-state index >= 15 is 0 Å². The highest BCUT2D eigenvalue weighted by Crippen LogP contribution is 2.16. The van der Waals surface area contributed by atoms with Crippen molar-refractivity contribution in [3.8, 4) is 0 Å². The Balaban J connectivity index is 1.64. The number of nitro benzene ring substituents is 1. The number of H-pyrrole nitrogens is 1. The minimum absolute atomic E-state index is 0.00908. The van der Waals surface area contributed by atoms with Gasteiger partial charge in [-0.1, -0.05) is 24.3 Å². The topological polar surface area (TPSA) is 101 Å². The molecule has 1 heterocycles. The molecule has 0 bridgehead atoms. The maximum Gasteiger partial charge on any atom is 0.269 e. The average Bonchev–Trinajstić information content (AvgIpc) is 2.99. The maximum atomic E-state index is 12.1. The molecular weight excluding hydrogens is 308 g/mol. The molecule has 0 aliphatic heterocycles. The number of para-hydroxylation sites is 2. The third kappa shape index (κ3) is 3.40. The van der Waals surface area contributed by atoms with Crippen molar-refractivity contribution in [3.05, 3.63) is 70.0 Å². The van der Waals surface area contributed by atoms with Gasteiger partial charge in [-0.15, -0.1) is 0 Å². The van der Waals surface area contributed by atoms with Gasteiger partial charge in [0.25, 0.3) is 5.69 Å². The number of fused-ring (bicyclic) bond motifs is 1. The fourth-order valence-corrected chi connectivity index (χ4v) is 2.46. The lowest BCUT2D eigenvalue weighted by Crippen LogP contribution is -2.28. The number of hydrogen-bond acceptors (Lipinski definition) is 4. The first-order chi connectivity index (χ1) is 11.5. The maximum absolute atomic E-state index is 12.1. The van der Waals surface area contributed by atoms with Crippen LogP contribution in [0.4, 0.5) is 5.69 Å². The zero-order chi connectivity index (χ0) is 17.1. The standard InChI is InChI=1S/C17H16N4O3/c1-11(17-19-14-4-2-3-5-15(14)20-17)18-16(22)10-12-6-8-13(9-7-12)21(23)24/h2-9,11H,10H2,1H3,(H,18,22)(H,19,20)/t11-/m0/s1. The molecule has 2 aromatic carbocycles. The molecule has 122 valence electrons. The number of imidazole rings is 1. The highest BCUT2D eigenvalue weighted by Gasteiger charge is 2.14. The van der Waals surface area contributed by atoms with Crippen LogP contribution in [0.5, 0.6) is 0 Å². The van der Waals surface area contributed by atoms with Gasteiger partial charge in [-0.3, -0.25) is 14.9 Å². The first-order valence-corrected chi connectivity index (χ1v) is 7.50. The van der Waals surface area contributed by atoms with Gasteiger partial charge in [-0.05, 0) is 24.6 Å². The Bertz CT molecular complexity index is 853. The Morgan fingerprint density at radius 1 is 1.25 bits per heavy atom. The summed E-state index contributed by atoms with van der Waals surface area (Å²) in [5.41, 5.74) is 2.50. The highest BCUT2D eigenvalue weighted by atomic mass is 16.6. The molecule has 0 saturated heterocycles. The number of hydrogen-bond donors (Lipinski definition) is 2. The molecule has 0 unspecified atom stereocenters. The van der Waals surface area contributed by atoms with E-state index in [2.05, 4.69) is 15.3 Å². The Labute approximate surface area is 137 Å². The number of aromatic amines is 1. The predicted molar refractivity (Wildman–Crippen MR) is 89.5 cm³/mol. The number of carbonyl (C=O) groups excluding carboxylic acids is 1. The van der Waals surface area contributed by atoms with E-state index in [1.807, 2.05) is 31.2 Å². The fourth-order valence-electron chi connectivity index (χ4n) is 2.46. The molecule has 7 nitrogen and oxygen atoms in total. The van der Waals surface area contributed by atoms with Gasteiger partial charge >= 0.3 is 0 Å². The van der Waals surface area contributed by atoms with Crippen molar-refractivity contribution in [2.45, 2.75) is 19.4 Å². The number of benzene rings is 2. The molecule has 0 radical (unpaired) electrons. The fraction of sp³-hybridized carbons (Fsp3) is 0.176. The van der Waals surface area contributed by atoms with Gasteiger partial charge in [0.1, 0.15) is 5.82 Å². The van der Waals surface area contributed by atoms with E-state index in [1.165, 1.54) is 12.1 Å². The van der Waals surface area contributed by atoms with Gasteiger partial charge in [0.15, 0.2) is 0 Å². The number of nitrogens with zero attached hydrogens (tertiary/aromatic N) is 2. The van der Waals surface area contributed by atoms with E-state index in [0.29, 0.717) is 5.82 Å². The highest BCUT2D eigenvalue weighted by molar-refractivity contribution is 5.79. The van der Waals surface area contributed by atoms with Crippen molar-refractivity contribution in [3.63, 3.8) is 0 Å². The van der Waals surface area contributed by atoms with Crippen molar-refractivity contribution in [1.29, 1.82) is 0 Å². The summed E-state index contributed by atoms with van der Waals surface area (Å²) in [5.74, 6) is 0.519. The summed E-state index contributed by atoms with van der Waals surface area (Å²) in [4.78, 5) is 29.9. The lowest BCUT2D eigenvalue weighted by atomic mass is 10.1. The van der Waals surface area contributed by atoms with Crippen molar-refractivity contribution >= 4 is 22.6 Å².